The van der Waals surface area contributed by atoms with Gasteiger partial charge < -0.3 is 15.3 Å². The van der Waals surface area contributed by atoms with Crippen molar-refractivity contribution in [1.82, 2.24) is 10.2 Å². The molecule has 0 bridgehead atoms. The van der Waals surface area contributed by atoms with E-state index in [9.17, 15) is 5.11 Å². The summed E-state index contributed by atoms with van der Waals surface area (Å²) < 4.78 is 0. The zero-order chi connectivity index (χ0) is 14.7. The molecule has 0 saturated heterocycles. The van der Waals surface area contributed by atoms with Gasteiger partial charge in [0.05, 0.1) is 6.61 Å². The molecule has 0 fully saturated rings. The molecule has 3 heteroatoms. The van der Waals surface area contributed by atoms with Gasteiger partial charge >= 0.3 is 0 Å². The summed E-state index contributed by atoms with van der Waals surface area (Å²) in [4.78, 5) is 2.42. The topological polar surface area (TPSA) is 35.5 Å². The van der Waals surface area contributed by atoms with Crippen molar-refractivity contribution in [1.29, 1.82) is 0 Å². The molecule has 2 unspecified atom stereocenters. The van der Waals surface area contributed by atoms with E-state index < -0.39 is 0 Å². The van der Waals surface area contributed by atoms with Gasteiger partial charge in [0.2, 0.25) is 0 Å². The summed E-state index contributed by atoms with van der Waals surface area (Å²) in [5.41, 5.74) is -0.0623. The van der Waals surface area contributed by atoms with Crippen LogP contribution in [0.5, 0.6) is 0 Å². The second-order valence-corrected chi connectivity index (χ2v) is 6.10. The summed E-state index contributed by atoms with van der Waals surface area (Å²) in [5, 5.41) is 13.2. The normalized spacial score (nSPS) is 16.6. The Morgan fingerprint density at radius 2 is 1.95 bits per heavy atom. The van der Waals surface area contributed by atoms with E-state index in [0.717, 1.165) is 44.7 Å². The van der Waals surface area contributed by atoms with E-state index >= 15 is 0 Å². The minimum absolute atomic E-state index is 0.0623. The second-order valence-electron chi connectivity index (χ2n) is 6.10. The molecule has 0 saturated carbocycles. The lowest BCUT2D eigenvalue weighted by Crippen LogP contribution is -2.48. The molecule has 116 valence electrons. The lowest BCUT2D eigenvalue weighted by Gasteiger charge is -2.33. The van der Waals surface area contributed by atoms with Crippen LogP contribution < -0.4 is 5.32 Å². The maximum atomic E-state index is 9.68. The summed E-state index contributed by atoms with van der Waals surface area (Å²) in [6, 6.07) is 0. The van der Waals surface area contributed by atoms with E-state index in [1.807, 2.05) is 0 Å². The Kier molecular flexibility index (Phi) is 10.6. The molecule has 0 aromatic carbocycles. The first-order chi connectivity index (χ1) is 9.03. The number of aliphatic hydroxyl groups is 1. The second kappa shape index (κ2) is 10.6. The molecule has 0 aliphatic rings. The van der Waals surface area contributed by atoms with Crippen LogP contribution in [0.4, 0.5) is 0 Å². The molecule has 0 aliphatic heterocycles. The maximum absolute atomic E-state index is 9.68. The Morgan fingerprint density at radius 1 is 1.26 bits per heavy atom. The molecule has 0 radical (unpaired) electrons. The van der Waals surface area contributed by atoms with E-state index in [-0.39, 0.29) is 12.1 Å². The molecule has 0 aromatic heterocycles. The van der Waals surface area contributed by atoms with Gasteiger partial charge in [-0.05, 0) is 51.7 Å². The predicted molar refractivity (Wildman–Crippen MR) is 84.6 cm³/mol. The number of aliphatic hydroxyl groups excluding tert-OH is 1. The Hall–Kier alpha value is -0.120. The van der Waals surface area contributed by atoms with Crippen LogP contribution in [0.2, 0.25) is 0 Å². The highest BCUT2D eigenvalue weighted by molar-refractivity contribution is 4.86. The fraction of sp³-hybridized carbons (Fsp3) is 1.00. The third kappa shape index (κ3) is 7.91. The van der Waals surface area contributed by atoms with Crippen molar-refractivity contribution < 1.29 is 5.11 Å². The average Bonchev–Trinajstić information content (AvgIpc) is 2.42. The van der Waals surface area contributed by atoms with Crippen molar-refractivity contribution >= 4 is 0 Å². The van der Waals surface area contributed by atoms with Crippen LogP contribution in [-0.2, 0) is 0 Å². The fourth-order valence-corrected chi connectivity index (χ4v) is 2.47. The van der Waals surface area contributed by atoms with Gasteiger partial charge in [0.1, 0.15) is 0 Å². The zero-order valence-corrected chi connectivity index (χ0v) is 13.8. The fourth-order valence-electron chi connectivity index (χ4n) is 2.47. The quantitative estimate of drug-likeness (QED) is 0.573. The van der Waals surface area contributed by atoms with E-state index in [0.29, 0.717) is 0 Å². The third-order valence-corrected chi connectivity index (χ3v) is 4.24. The first-order valence-corrected chi connectivity index (χ1v) is 8.08. The van der Waals surface area contributed by atoms with Crippen LogP contribution in [0.25, 0.3) is 0 Å². The molecule has 3 nitrogen and oxygen atoms in total. The molecule has 2 N–H and O–H groups in total. The third-order valence-electron chi connectivity index (χ3n) is 4.24. The molecule has 0 heterocycles. The zero-order valence-electron chi connectivity index (χ0n) is 13.8. The summed E-state index contributed by atoms with van der Waals surface area (Å²) in [7, 11) is 2.21. The monoisotopic (exact) mass is 272 g/mol. The van der Waals surface area contributed by atoms with Crippen LogP contribution in [0.1, 0.15) is 59.8 Å². The van der Waals surface area contributed by atoms with Crippen LogP contribution >= 0.6 is 0 Å². The van der Waals surface area contributed by atoms with Crippen molar-refractivity contribution in [2.45, 2.75) is 65.3 Å². The van der Waals surface area contributed by atoms with Crippen molar-refractivity contribution in [3.05, 3.63) is 0 Å². The van der Waals surface area contributed by atoms with Crippen LogP contribution in [0.15, 0.2) is 0 Å². The number of rotatable bonds is 12. The van der Waals surface area contributed by atoms with Crippen LogP contribution in [0.3, 0.4) is 0 Å². The largest absolute Gasteiger partial charge is 0.394 e. The molecule has 0 spiro atoms. The molecular formula is C16H36N2O. The molecule has 19 heavy (non-hydrogen) atoms. The number of nitrogens with zero attached hydrogens (tertiary/aromatic N) is 1. The number of hydrogen-bond acceptors (Lipinski definition) is 3. The van der Waals surface area contributed by atoms with Gasteiger partial charge in [-0.1, -0.05) is 34.1 Å². The summed E-state index contributed by atoms with van der Waals surface area (Å²) in [6.45, 7) is 12.4. The lowest BCUT2D eigenvalue weighted by atomic mass is 9.91. The van der Waals surface area contributed by atoms with Crippen molar-refractivity contribution in [3.8, 4) is 0 Å². The van der Waals surface area contributed by atoms with Gasteiger partial charge in [-0.3, -0.25) is 0 Å². The SMILES string of the molecule is CCCNC(CC)(CO)CCCN(C)CC(C)CC. The van der Waals surface area contributed by atoms with E-state index in [4.69, 9.17) is 0 Å². The maximum Gasteiger partial charge on any atom is 0.0613 e. The summed E-state index contributed by atoms with van der Waals surface area (Å²) in [5.74, 6) is 0.775. The first kappa shape index (κ1) is 18.9. The molecule has 0 amide bonds. The highest BCUT2D eigenvalue weighted by Crippen LogP contribution is 2.17. The Morgan fingerprint density at radius 3 is 2.42 bits per heavy atom. The van der Waals surface area contributed by atoms with Gasteiger partial charge in [-0.25, -0.2) is 0 Å². The van der Waals surface area contributed by atoms with Gasteiger partial charge in [0, 0.05) is 12.1 Å². The average molecular weight is 272 g/mol. The smallest absolute Gasteiger partial charge is 0.0613 e. The van der Waals surface area contributed by atoms with Crippen LogP contribution in [-0.4, -0.2) is 48.8 Å². The predicted octanol–water partition coefficient (Wildman–Crippen LogP) is 2.89. The molecule has 0 rings (SSSR count). The molecule has 2 atom stereocenters. The number of nitrogens with one attached hydrogen (secondary N) is 1. The Bertz CT molecular complexity index is 205. The molecular weight excluding hydrogens is 236 g/mol. The van der Waals surface area contributed by atoms with Gasteiger partial charge in [0.25, 0.3) is 0 Å². The van der Waals surface area contributed by atoms with Gasteiger partial charge in [-0.15, -0.1) is 0 Å². The minimum Gasteiger partial charge on any atom is -0.394 e. The highest BCUT2D eigenvalue weighted by atomic mass is 16.3. The van der Waals surface area contributed by atoms with E-state index in [1.54, 1.807) is 0 Å². The van der Waals surface area contributed by atoms with Gasteiger partial charge in [0.15, 0.2) is 0 Å². The molecule has 0 aromatic rings. The highest BCUT2D eigenvalue weighted by Gasteiger charge is 2.25. The Balaban J connectivity index is 4.04. The van der Waals surface area contributed by atoms with Crippen molar-refractivity contribution in [2.75, 3.05) is 33.3 Å². The first-order valence-electron chi connectivity index (χ1n) is 8.08. The number of hydrogen-bond donors (Lipinski definition) is 2. The van der Waals surface area contributed by atoms with Crippen LogP contribution in [0, 0.1) is 5.92 Å². The molecule has 0 aliphatic carbocycles. The van der Waals surface area contributed by atoms with Crippen molar-refractivity contribution in [3.63, 3.8) is 0 Å². The van der Waals surface area contributed by atoms with E-state index in [1.165, 1.54) is 13.0 Å². The standard InChI is InChI=1S/C16H36N2O/c1-6-11-17-16(8-3,14-19)10-9-12-18(5)13-15(4)7-2/h15,17,19H,6-14H2,1-5H3. The Labute approximate surface area is 120 Å². The summed E-state index contributed by atoms with van der Waals surface area (Å²) >= 11 is 0. The summed E-state index contributed by atoms with van der Waals surface area (Å²) in [6.07, 6.45) is 5.58. The lowest BCUT2D eigenvalue weighted by molar-refractivity contribution is 0.139. The minimum atomic E-state index is -0.0623. The van der Waals surface area contributed by atoms with E-state index in [2.05, 4.69) is 45.0 Å². The van der Waals surface area contributed by atoms with Gasteiger partial charge in [-0.2, -0.15) is 0 Å². The van der Waals surface area contributed by atoms with Crippen molar-refractivity contribution in [2.24, 2.45) is 5.92 Å².